The first-order chi connectivity index (χ1) is 21.2. The average molecular weight is 647 g/mol. The summed E-state index contributed by atoms with van der Waals surface area (Å²) >= 11 is 0. The highest BCUT2D eigenvalue weighted by atomic mass is 16.6. The number of aliphatic carboxylic acids is 1. The molecule has 9 nitrogen and oxygen atoms in total. The molecule has 1 aliphatic heterocycles. The van der Waals surface area contributed by atoms with Crippen LogP contribution in [0.5, 0.6) is 0 Å². The molecule has 0 bridgehead atoms. The summed E-state index contributed by atoms with van der Waals surface area (Å²) in [5.74, 6) is -0.308. The van der Waals surface area contributed by atoms with Crippen LogP contribution in [-0.4, -0.2) is 69.3 Å². The zero-order chi connectivity index (χ0) is 34.0. The summed E-state index contributed by atoms with van der Waals surface area (Å²) in [5, 5.41) is 32.6. The largest absolute Gasteiger partial charge is 0.481 e. The van der Waals surface area contributed by atoms with Crippen molar-refractivity contribution in [3.8, 4) is 0 Å². The van der Waals surface area contributed by atoms with E-state index in [1.54, 1.807) is 13.8 Å². The van der Waals surface area contributed by atoms with Crippen molar-refractivity contribution >= 4 is 17.9 Å². The molecule has 0 amide bonds. The van der Waals surface area contributed by atoms with Crippen molar-refractivity contribution < 1.29 is 43.9 Å². The highest BCUT2D eigenvalue weighted by Crippen LogP contribution is 2.91. The fourth-order valence-corrected chi connectivity index (χ4v) is 13.7. The van der Waals surface area contributed by atoms with E-state index in [1.165, 1.54) is 6.92 Å². The van der Waals surface area contributed by atoms with Gasteiger partial charge in [-0.25, -0.2) is 0 Å². The predicted molar refractivity (Wildman–Crippen MR) is 169 cm³/mol. The topological polar surface area (TPSA) is 140 Å². The molecule has 1 heterocycles. The molecule has 3 N–H and O–H groups in total. The van der Waals surface area contributed by atoms with E-state index in [0.29, 0.717) is 24.2 Å². The third kappa shape index (κ3) is 4.31. The molecular formula is C37H58O9. The molecule has 0 aromatic heterocycles. The van der Waals surface area contributed by atoms with Gasteiger partial charge >= 0.3 is 17.9 Å². The van der Waals surface area contributed by atoms with Gasteiger partial charge in [-0.1, -0.05) is 41.5 Å². The van der Waals surface area contributed by atoms with Gasteiger partial charge in [-0.05, 0) is 105 Å². The minimum atomic E-state index is -1.29. The number of hydrogen-bond acceptors (Lipinski definition) is 8. The summed E-state index contributed by atoms with van der Waals surface area (Å²) in [4.78, 5) is 35.7. The van der Waals surface area contributed by atoms with Gasteiger partial charge in [-0.3, -0.25) is 14.4 Å². The van der Waals surface area contributed by atoms with Crippen molar-refractivity contribution in [2.75, 3.05) is 0 Å². The Kier molecular flexibility index (Phi) is 7.90. The Bertz CT molecular complexity index is 1270. The van der Waals surface area contributed by atoms with Gasteiger partial charge in [0.15, 0.2) is 6.10 Å². The molecule has 6 fully saturated rings. The van der Waals surface area contributed by atoms with Crippen LogP contribution in [0.3, 0.4) is 0 Å². The first-order valence-electron chi connectivity index (χ1n) is 17.9. The van der Waals surface area contributed by atoms with Gasteiger partial charge in [0.05, 0.1) is 36.8 Å². The molecule has 14 unspecified atom stereocenters. The first kappa shape index (κ1) is 34.2. The first-order valence-corrected chi connectivity index (χ1v) is 17.9. The molecule has 1 saturated heterocycles. The highest BCUT2D eigenvalue weighted by Gasteiger charge is 2.88. The Morgan fingerprint density at radius 1 is 0.957 bits per heavy atom. The molecule has 0 aromatic rings. The molecular weight excluding hydrogens is 588 g/mol. The predicted octanol–water partition coefficient (Wildman–Crippen LogP) is 5.53. The molecule has 6 aliphatic rings. The van der Waals surface area contributed by atoms with Crippen LogP contribution in [0, 0.1) is 56.7 Å². The highest BCUT2D eigenvalue weighted by molar-refractivity contribution is 5.76. The zero-order valence-corrected chi connectivity index (χ0v) is 29.4. The number of carboxylic acids is 1. The molecule has 5 aliphatic carbocycles. The summed E-state index contributed by atoms with van der Waals surface area (Å²) < 4.78 is 18.5. The van der Waals surface area contributed by atoms with E-state index < -0.39 is 47.9 Å². The minimum Gasteiger partial charge on any atom is -0.481 e. The Morgan fingerprint density at radius 3 is 2.20 bits per heavy atom. The number of carbonyl (C=O) groups excluding carboxylic acids is 2. The summed E-state index contributed by atoms with van der Waals surface area (Å²) in [5.41, 5.74) is -1.81. The number of rotatable bonds is 7. The standard InChI is InChI=1S/C37H58O9/c1-19-18-22(31(33(6,7)43)44-21(3)38)45-29-28(19)34(8)16-17-37-20(2)36(37)15-14-25(46-27(41)13-12-26(39)40)32(4,5)23(36)10-11-24(37)35(34,9)30(29)42/h19-20,22-25,28-31,42-43H,10-18H2,1-9H3,(H,39,40). The quantitative estimate of drug-likeness (QED) is 0.305. The van der Waals surface area contributed by atoms with Crippen molar-refractivity contribution in [1.29, 1.82) is 0 Å². The third-order valence-electron chi connectivity index (χ3n) is 15.6. The lowest BCUT2D eigenvalue weighted by Gasteiger charge is -2.63. The Balaban J connectivity index is 1.29. The van der Waals surface area contributed by atoms with E-state index in [1.807, 2.05) is 0 Å². The van der Waals surface area contributed by atoms with Crippen LogP contribution in [0.25, 0.3) is 0 Å². The second kappa shape index (κ2) is 10.6. The van der Waals surface area contributed by atoms with Gasteiger partial charge in [0.2, 0.25) is 0 Å². The van der Waals surface area contributed by atoms with Crippen LogP contribution in [0.2, 0.25) is 0 Å². The van der Waals surface area contributed by atoms with Crippen LogP contribution >= 0.6 is 0 Å². The number of esters is 2. The number of ether oxygens (including phenoxy) is 3. The molecule has 46 heavy (non-hydrogen) atoms. The monoisotopic (exact) mass is 646 g/mol. The van der Waals surface area contributed by atoms with Crippen LogP contribution in [-0.2, 0) is 28.6 Å². The maximum atomic E-state index is 12.6. The van der Waals surface area contributed by atoms with Crippen molar-refractivity contribution in [3.05, 3.63) is 0 Å². The van der Waals surface area contributed by atoms with E-state index in [9.17, 15) is 24.6 Å². The third-order valence-corrected chi connectivity index (χ3v) is 15.6. The number of hydrogen-bond donors (Lipinski definition) is 3. The summed E-state index contributed by atoms with van der Waals surface area (Å²) in [7, 11) is 0. The van der Waals surface area contributed by atoms with Crippen LogP contribution in [0.15, 0.2) is 0 Å². The molecule has 0 radical (unpaired) electrons. The fourth-order valence-electron chi connectivity index (χ4n) is 13.7. The van der Waals surface area contributed by atoms with E-state index in [2.05, 4.69) is 41.5 Å². The lowest BCUT2D eigenvalue weighted by atomic mass is 9.41. The average Bonchev–Trinajstić information content (AvgIpc) is 3.42. The second-order valence-corrected chi connectivity index (χ2v) is 17.9. The van der Waals surface area contributed by atoms with Crippen molar-refractivity contribution in [1.82, 2.24) is 0 Å². The second-order valence-electron chi connectivity index (χ2n) is 17.9. The number of carbonyl (C=O) groups is 3. The number of fused-ring (bicyclic) bond motifs is 4. The van der Waals surface area contributed by atoms with Crippen molar-refractivity contribution in [3.63, 3.8) is 0 Å². The SMILES string of the molecule is CC(=O)OC(C1CC(C)C2C(O1)C(O)C1(C)C3CCC4C(C)(C)C(OC(=O)CCC(=O)O)CCC45C(C)C35CCC21C)C(C)(C)O. The Hall–Kier alpha value is -1.71. The molecule has 2 spiro atoms. The number of aliphatic hydroxyl groups is 2. The molecule has 0 aromatic carbocycles. The van der Waals surface area contributed by atoms with E-state index in [-0.39, 0.29) is 57.9 Å². The maximum absolute atomic E-state index is 12.6. The molecule has 5 saturated carbocycles. The molecule has 260 valence electrons. The summed E-state index contributed by atoms with van der Waals surface area (Å²) in [6.45, 7) is 18.6. The summed E-state index contributed by atoms with van der Waals surface area (Å²) in [6.07, 6.45) is 3.58. The van der Waals surface area contributed by atoms with Gasteiger partial charge in [0.1, 0.15) is 6.10 Å². The van der Waals surface area contributed by atoms with Crippen molar-refractivity contribution in [2.24, 2.45) is 56.7 Å². The maximum Gasteiger partial charge on any atom is 0.306 e. The van der Waals surface area contributed by atoms with Crippen LogP contribution in [0.1, 0.15) is 120 Å². The van der Waals surface area contributed by atoms with Crippen LogP contribution < -0.4 is 0 Å². The smallest absolute Gasteiger partial charge is 0.306 e. The van der Waals surface area contributed by atoms with Gasteiger partial charge in [-0.15, -0.1) is 0 Å². The lowest BCUT2D eigenvalue weighted by molar-refractivity contribution is -0.216. The zero-order valence-electron chi connectivity index (χ0n) is 29.4. The van der Waals surface area contributed by atoms with E-state index in [0.717, 1.165) is 38.5 Å². The van der Waals surface area contributed by atoms with Gasteiger partial charge in [0.25, 0.3) is 0 Å². The normalized spacial score (nSPS) is 49.2. The van der Waals surface area contributed by atoms with Gasteiger partial charge in [0, 0.05) is 17.8 Å². The Labute approximate surface area is 274 Å². The van der Waals surface area contributed by atoms with Crippen molar-refractivity contribution in [2.45, 2.75) is 156 Å². The van der Waals surface area contributed by atoms with Gasteiger partial charge < -0.3 is 29.5 Å². The van der Waals surface area contributed by atoms with Gasteiger partial charge in [-0.2, -0.15) is 0 Å². The van der Waals surface area contributed by atoms with E-state index >= 15 is 0 Å². The lowest BCUT2D eigenvalue weighted by Crippen LogP contribution is -2.60. The van der Waals surface area contributed by atoms with Crippen LogP contribution in [0.4, 0.5) is 0 Å². The molecule has 14 atom stereocenters. The minimum absolute atomic E-state index is 0.101. The molecule has 6 rings (SSSR count). The number of carboxylic acid groups (broad SMARTS) is 1. The fraction of sp³-hybridized carbons (Fsp3) is 0.919. The summed E-state index contributed by atoms with van der Waals surface area (Å²) in [6, 6.07) is 0. The number of aliphatic hydroxyl groups excluding tert-OH is 1. The van der Waals surface area contributed by atoms with E-state index in [4.69, 9.17) is 19.3 Å². The Morgan fingerprint density at radius 2 is 1.59 bits per heavy atom. The molecule has 9 heteroatoms.